The Labute approximate surface area is 167 Å². The molecular weight excluding hydrogens is 457 g/mol. The quantitative estimate of drug-likeness (QED) is 0.202. The molecule has 0 saturated heterocycles. The molecule has 0 unspecified atom stereocenters. The Morgan fingerprint density at radius 2 is 1.92 bits per heavy atom. The number of rotatable bonds is 8. The maximum Gasteiger partial charge on any atom is 0.193 e. The number of sulfone groups is 1. The van der Waals surface area contributed by atoms with Gasteiger partial charge in [-0.3, -0.25) is 4.99 Å². The van der Waals surface area contributed by atoms with E-state index in [0.29, 0.717) is 13.0 Å². The van der Waals surface area contributed by atoms with Gasteiger partial charge in [0, 0.05) is 37.8 Å². The number of hydrogen-bond acceptors (Lipinski definition) is 4. The van der Waals surface area contributed by atoms with Gasteiger partial charge in [0.25, 0.3) is 0 Å². The van der Waals surface area contributed by atoms with Crippen LogP contribution in [0.2, 0.25) is 0 Å². The van der Waals surface area contributed by atoms with E-state index in [2.05, 4.69) is 45.7 Å². The van der Waals surface area contributed by atoms with Crippen LogP contribution in [0.1, 0.15) is 18.9 Å². The Hall–Kier alpha value is -0.480. The maximum absolute atomic E-state index is 11.2. The second-order valence-corrected chi connectivity index (χ2v) is 8.56. The molecule has 1 aromatic carbocycles. The van der Waals surface area contributed by atoms with Crippen LogP contribution in [0, 0.1) is 0 Å². The standard InChI is InChI=1S/C16H27N3O2S2.HI/c1-5-17-16(18-11-6-12-23(4,20)21)19(2)13-14-7-9-15(22-3)10-8-14;/h7-10H,5-6,11-13H2,1-4H3,(H,17,18);1H. The predicted molar refractivity (Wildman–Crippen MR) is 115 cm³/mol. The molecule has 1 aromatic rings. The number of thioether (sulfide) groups is 1. The molecule has 0 radical (unpaired) electrons. The van der Waals surface area contributed by atoms with Gasteiger partial charge in [-0.1, -0.05) is 12.1 Å². The lowest BCUT2D eigenvalue weighted by Crippen LogP contribution is -2.38. The summed E-state index contributed by atoms with van der Waals surface area (Å²) in [5, 5.41) is 3.25. The summed E-state index contributed by atoms with van der Waals surface area (Å²) in [4.78, 5) is 7.81. The monoisotopic (exact) mass is 485 g/mol. The van der Waals surface area contributed by atoms with E-state index in [-0.39, 0.29) is 29.7 Å². The van der Waals surface area contributed by atoms with Crippen molar-refractivity contribution in [2.24, 2.45) is 4.99 Å². The number of aliphatic imine (C=N–C) groups is 1. The van der Waals surface area contributed by atoms with Crippen LogP contribution in [0.3, 0.4) is 0 Å². The molecule has 0 bridgehead atoms. The smallest absolute Gasteiger partial charge is 0.193 e. The highest BCUT2D eigenvalue weighted by Gasteiger charge is 2.07. The summed E-state index contributed by atoms with van der Waals surface area (Å²) in [6, 6.07) is 8.47. The van der Waals surface area contributed by atoms with E-state index in [1.807, 2.05) is 14.0 Å². The molecule has 0 amide bonds. The van der Waals surface area contributed by atoms with Crippen LogP contribution in [0.5, 0.6) is 0 Å². The largest absolute Gasteiger partial charge is 0.357 e. The third-order valence-corrected chi connectivity index (χ3v) is 4.98. The Bertz CT molecular complexity index is 604. The van der Waals surface area contributed by atoms with E-state index in [1.165, 1.54) is 16.7 Å². The molecule has 0 aromatic heterocycles. The van der Waals surface area contributed by atoms with Gasteiger partial charge in [0.05, 0.1) is 5.75 Å². The minimum atomic E-state index is -2.92. The molecule has 0 spiro atoms. The van der Waals surface area contributed by atoms with E-state index in [9.17, 15) is 8.42 Å². The Morgan fingerprint density at radius 3 is 2.42 bits per heavy atom. The first kappa shape index (κ1) is 23.5. The van der Waals surface area contributed by atoms with E-state index in [0.717, 1.165) is 19.0 Å². The number of guanidine groups is 1. The van der Waals surface area contributed by atoms with Crippen LogP contribution in [0.15, 0.2) is 34.2 Å². The molecule has 5 nitrogen and oxygen atoms in total. The van der Waals surface area contributed by atoms with Crippen molar-refractivity contribution in [1.82, 2.24) is 10.2 Å². The third-order valence-electron chi connectivity index (χ3n) is 3.21. The van der Waals surface area contributed by atoms with E-state index in [4.69, 9.17) is 0 Å². The molecule has 0 aliphatic carbocycles. The van der Waals surface area contributed by atoms with Gasteiger partial charge in [0.1, 0.15) is 9.84 Å². The Morgan fingerprint density at radius 1 is 1.29 bits per heavy atom. The molecule has 0 atom stereocenters. The van der Waals surface area contributed by atoms with Crippen LogP contribution in [-0.2, 0) is 16.4 Å². The van der Waals surface area contributed by atoms with Crippen molar-refractivity contribution < 1.29 is 8.42 Å². The average Bonchev–Trinajstić information content (AvgIpc) is 2.50. The van der Waals surface area contributed by atoms with Gasteiger partial charge in [0.15, 0.2) is 5.96 Å². The minimum absolute atomic E-state index is 0. The summed E-state index contributed by atoms with van der Waals surface area (Å²) < 4.78 is 22.3. The van der Waals surface area contributed by atoms with Crippen molar-refractivity contribution >= 4 is 51.5 Å². The number of nitrogens with zero attached hydrogens (tertiary/aromatic N) is 2. The van der Waals surface area contributed by atoms with Gasteiger partial charge >= 0.3 is 0 Å². The molecule has 0 saturated carbocycles. The molecular formula is C16H28IN3O2S2. The van der Waals surface area contributed by atoms with Crippen molar-refractivity contribution in [3.05, 3.63) is 29.8 Å². The third kappa shape index (κ3) is 9.73. The minimum Gasteiger partial charge on any atom is -0.357 e. The van der Waals surface area contributed by atoms with E-state index >= 15 is 0 Å². The summed E-state index contributed by atoms with van der Waals surface area (Å²) in [6.45, 7) is 4.06. The SMILES string of the molecule is CCNC(=NCCCS(C)(=O)=O)N(C)Cc1ccc(SC)cc1.I. The fourth-order valence-corrected chi connectivity index (χ4v) is 3.12. The average molecular weight is 485 g/mol. The molecule has 8 heteroatoms. The summed E-state index contributed by atoms with van der Waals surface area (Å²) in [6.07, 6.45) is 3.86. The van der Waals surface area contributed by atoms with E-state index in [1.54, 1.807) is 11.8 Å². The number of hydrogen-bond donors (Lipinski definition) is 1. The molecule has 0 aliphatic heterocycles. The van der Waals surface area contributed by atoms with E-state index < -0.39 is 9.84 Å². The molecule has 0 fully saturated rings. The molecule has 24 heavy (non-hydrogen) atoms. The first-order valence-corrected chi connectivity index (χ1v) is 10.9. The van der Waals surface area contributed by atoms with Crippen LogP contribution in [0.4, 0.5) is 0 Å². The van der Waals surface area contributed by atoms with Crippen molar-refractivity contribution in [1.29, 1.82) is 0 Å². The molecule has 138 valence electrons. The van der Waals surface area contributed by atoms with Gasteiger partial charge < -0.3 is 10.2 Å². The highest BCUT2D eigenvalue weighted by atomic mass is 127. The highest BCUT2D eigenvalue weighted by molar-refractivity contribution is 14.0. The zero-order valence-electron chi connectivity index (χ0n) is 14.8. The highest BCUT2D eigenvalue weighted by Crippen LogP contribution is 2.15. The van der Waals surface area contributed by atoms with Crippen LogP contribution >= 0.6 is 35.7 Å². The van der Waals surface area contributed by atoms with Gasteiger partial charge in [-0.15, -0.1) is 35.7 Å². The fourth-order valence-electron chi connectivity index (χ4n) is 2.06. The van der Waals surface area contributed by atoms with Crippen molar-refractivity contribution in [3.8, 4) is 0 Å². The molecule has 1 N–H and O–H groups in total. The fraction of sp³-hybridized carbons (Fsp3) is 0.562. The van der Waals surface area contributed by atoms with Gasteiger partial charge in [-0.2, -0.15) is 0 Å². The zero-order chi connectivity index (χ0) is 17.3. The van der Waals surface area contributed by atoms with Crippen LogP contribution < -0.4 is 5.32 Å². The van der Waals surface area contributed by atoms with Crippen molar-refractivity contribution in [2.75, 3.05) is 38.4 Å². The Kier molecular flexibility index (Phi) is 11.7. The number of benzene rings is 1. The van der Waals surface area contributed by atoms with Gasteiger partial charge in [-0.25, -0.2) is 8.42 Å². The summed E-state index contributed by atoms with van der Waals surface area (Å²) in [7, 11) is -0.928. The second-order valence-electron chi connectivity index (χ2n) is 5.42. The zero-order valence-corrected chi connectivity index (χ0v) is 18.7. The van der Waals surface area contributed by atoms with Gasteiger partial charge in [0.2, 0.25) is 0 Å². The van der Waals surface area contributed by atoms with Crippen LogP contribution in [-0.4, -0.2) is 57.7 Å². The van der Waals surface area contributed by atoms with Crippen LogP contribution in [0.25, 0.3) is 0 Å². The molecule has 0 heterocycles. The first-order valence-electron chi connectivity index (χ1n) is 7.66. The second kappa shape index (κ2) is 12.0. The summed E-state index contributed by atoms with van der Waals surface area (Å²) in [5.41, 5.74) is 1.21. The number of nitrogens with one attached hydrogen (secondary N) is 1. The van der Waals surface area contributed by atoms with Gasteiger partial charge in [-0.05, 0) is 37.3 Å². The lowest BCUT2D eigenvalue weighted by Gasteiger charge is -2.22. The lowest BCUT2D eigenvalue weighted by molar-refractivity contribution is 0.476. The van der Waals surface area contributed by atoms with Crippen molar-refractivity contribution in [3.63, 3.8) is 0 Å². The number of halogens is 1. The Balaban J connectivity index is 0.00000529. The summed E-state index contributed by atoms with van der Waals surface area (Å²) in [5.74, 6) is 0.977. The normalized spacial score (nSPS) is 11.8. The first-order chi connectivity index (χ1) is 10.9. The topological polar surface area (TPSA) is 61.8 Å². The summed E-state index contributed by atoms with van der Waals surface area (Å²) >= 11 is 1.73. The molecule has 0 aliphatic rings. The lowest BCUT2D eigenvalue weighted by atomic mass is 10.2. The predicted octanol–water partition coefficient (Wildman–Crippen LogP) is 2.86. The maximum atomic E-state index is 11.2. The van der Waals surface area contributed by atoms with Crippen molar-refractivity contribution in [2.45, 2.75) is 24.8 Å². The molecule has 1 rings (SSSR count).